The second-order valence-corrected chi connectivity index (χ2v) is 31.9. The van der Waals surface area contributed by atoms with Crippen molar-refractivity contribution in [1.29, 1.82) is 0 Å². The van der Waals surface area contributed by atoms with Crippen LogP contribution in [0.4, 0.5) is 91.0 Å². The molecule has 12 aromatic carbocycles. The molecule has 0 atom stereocenters. The molecule has 13 rings (SSSR count). The number of carbonyl (C=O) groups excluding carboxylic acids is 1. The molecule has 0 saturated carbocycles. The van der Waals surface area contributed by atoms with Gasteiger partial charge in [0.2, 0.25) is 0 Å². The maximum atomic E-state index is 12.4. The van der Waals surface area contributed by atoms with E-state index in [9.17, 15) is 85.7 Å². The van der Waals surface area contributed by atoms with Gasteiger partial charge >= 0.3 is 0 Å². The van der Waals surface area contributed by atoms with Crippen LogP contribution in [-0.4, -0.2) is 150 Å². The van der Waals surface area contributed by atoms with Crippen molar-refractivity contribution < 1.29 is 82.1 Å². The van der Waals surface area contributed by atoms with Gasteiger partial charge in [0.05, 0.1) is 39.4 Å². The van der Waals surface area contributed by atoms with Crippen molar-refractivity contribution in [3.63, 3.8) is 0 Å². The molecule has 12 aromatic rings. The summed E-state index contributed by atoms with van der Waals surface area (Å²) < 4.78 is 56.0. The highest BCUT2D eigenvalue weighted by Gasteiger charge is 2.34. The maximum Gasteiger partial charge on any atom is 0.292 e. The molecule has 0 heterocycles. The first-order chi connectivity index (χ1) is 67.5. The molecule has 0 amide bonds. The van der Waals surface area contributed by atoms with E-state index in [1.54, 1.807) is 121 Å². The minimum atomic E-state index is -0.896. The minimum absolute atomic E-state index is 0.0213. The summed E-state index contributed by atoms with van der Waals surface area (Å²) >= 11 is 0. The largest absolute Gasteiger partial charge is 0.491 e. The number of fused-ring (bicyclic) bond motifs is 8. The lowest BCUT2D eigenvalue weighted by molar-refractivity contribution is -0.384. The molecule has 0 saturated heterocycles. The summed E-state index contributed by atoms with van der Waals surface area (Å²) in [5.41, 5.74) is 3.53. The van der Waals surface area contributed by atoms with Gasteiger partial charge in [0.15, 0.2) is 0 Å². The lowest BCUT2D eigenvalue weighted by atomic mass is 9.80. The third kappa shape index (κ3) is 26.5. The summed E-state index contributed by atoms with van der Waals surface area (Å²) in [6.45, 7) is 9.15. The highest BCUT2D eigenvalue weighted by Crippen LogP contribution is 2.52. The highest BCUT2D eigenvalue weighted by atomic mass is 16.7. The molecule has 41 heteroatoms. The molecule has 0 aliphatic heterocycles. The Labute approximate surface area is 802 Å². The van der Waals surface area contributed by atoms with Gasteiger partial charge in [-0.3, -0.25) is 80.9 Å². The summed E-state index contributed by atoms with van der Waals surface area (Å²) in [6, 6.07) is 62.9. The lowest BCUT2D eigenvalue weighted by Gasteiger charge is -2.30. The zero-order chi connectivity index (χ0) is 99.9. The molecule has 140 heavy (non-hydrogen) atoms. The first-order valence-corrected chi connectivity index (χ1v) is 44.5. The topological polar surface area (TPSA) is 532 Å². The molecule has 728 valence electrons. The Morgan fingerprint density at radius 3 is 0.429 bits per heavy atom. The number of nitro benzene ring substituents is 8. The average molecular weight is 1920 g/mol. The van der Waals surface area contributed by atoms with Crippen molar-refractivity contribution in [2.75, 3.05) is 148 Å². The molecule has 41 nitrogen and oxygen atoms in total. The molecule has 0 unspecified atom stereocenters. The SMILES string of the molecule is CC(C)=O.CC1c2cc(c(OCCNc3ccccc3[N+](=O)[O-])cc2OCCNc2ccccc2[N+](=O)[O-])C(C)c2cc(c(OCCNc3ccccc3[N+](=O)[O-])cc2OCCNc2ccccc2[N+](=O)[O-])C(C)c2cc(c(OCCNc3ccccc3[N+](=O)[O-])cc2OCCNc2ccccc2[N+](=O)[O-])C(C)c2cc1c(OCCNc1ccccc1[N+](=O)[O-])cc2OCCNc1ccccc1[N+](=O)[O-]. The number of para-hydroxylation sites is 16. The van der Waals surface area contributed by atoms with Crippen LogP contribution in [0.25, 0.3) is 0 Å². The zero-order valence-corrected chi connectivity index (χ0v) is 77.0. The summed E-state index contributed by atoms with van der Waals surface area (Å²) in [5, 5.41) is 125. The number of nitrogens with one attached hydrogen (secondary N) is 8. The van der Waals surface area contributed by atoms with Gasteiger partial charge in [-0.1, -0.05) is 125 Å². The van der Waals surface area contributed by atoms with E-state index in [2.05, 4.69) is 42.5 Å². The number of Topliss-reactive ketones (excluding diaryl/α,β-unsaturated/α-hetero) is 1. The molecule has 0 aromatic heterocycles. The van der Waals surface area contributed by atoms with Crippen molar-refractivity contribution in [3.05, 3.63) is 368 Å². The molecule has 0 fully saturated rings. The summed E-state index contributed by atoms with van der Waals surface area (Å²) in [6.07, 6.45) is 0. The van der Waals surface area contributed by atoms with Gasteiger partial charge in [0, 0.05) is 193 Å². The smallest absolute Gasteiger partial charge is 0.292 e. The number of hydrogen-bond acceptors (Lipinski definition) is 33. The van der Waals surface area contributed by atoms with Crippen LogP contribution in [0.5, 0.6) is 46.0 Å². The highest BCUT2D eigenvalue weighted by molar-refractivity contribution is 5.73. The first kappa shape index (κ1) is 101. The Morgan fingerprint density at radius 2 is 0.321 bits per heavy atom. The Bertz CT molecular complexity index is 5380. The third-order valence-corrected chi connectivity index (χ3v) is 22.5. The van der Waals surface area contributed by atoms with E-state index in [0.717, 1.165) is 0 Å². The fourth-order valence-corrected chi connectivity index (χ4v) is 15.8. The number of rotatable bonds is 48. The van der Waals surface area contributed by atoms with E-state index in [1.807, 2.05) is 52.0 Å². The van der Waals surface area contributed by atoms with Crippen molar-refractivity contribution in [2.45, 2.75) is 65.2 Å². The standard InChI is InChI=1S/C96H96N16O24.C3H6O/c1-61-65-53-67(91(131-47-39-99-75-23-7-15-31-83(75)107(117)118)57-89(65)129-45-37-97-73-21-5-13-29-81(73)105(113)114)62(2)69-55-71(95(135-51-43-103-79-27-11-19-35-87(79)111(125)126)59-93(69)133-49-41-101-77-25-9-17-33-85(77)109(121)122)64(4)72-56-70(94(134-50-42-102-78-26-10-18-34-86(78)110(123)124)60-96(72)136-52-44-104-80-28-12-20-36-88(80)112(127)128)63(3)68-54-66(61)90(130-46-38-98-74-22-6-14-30-82(74)106(115)116)58-92(68)132-48-40-100-76-24-8-16-32-84(76)108(119)120;1-3(2)4/h5-36,53-64,97-104H,37-52H2,1-4H3;1-2H3. The number of hydrogen-bond donors (Lipinski definition) is 8. The van der Waals surface area contributed by atoms with E-state index in [0.29, 0.717) is 44.5 Å². The number of nitrogens with zero attached hydrogens (tertiary/aromatic N) is 8. The van der Waals surface area contributed by atoms with Gasteiger partial charge in [0.25, 0.3) is 45.5 Å². The van der Waals surface area contributed by atoms with Crippen LogP contribution in [0.2, 0.25) is 0 Å². The van der Waals surface area contributed by atoms with E-state index < -0.39 is 63.1 Å². The van der Waals surface area contributed by atoms with Crippen molar-refractivity contribution in [1.82, 2.24) is 0 Å². The van der Waals surface area contributed by atoms with Crippen molar-refractivity contribution >= 4 is 96.8 Å². The molecule has 0 radical (unpaired) electrons. The molecule has 8 bridgehead atoms. The predicted molar refractivity (Wildman–Crippen MR) is 529 cm³/mol. The van der Waals surface area contributed by atoms with E-state index in [-0.39, 0.29) is 248 Å². The van der Waals surface area contributed by atoms with Gasteiger partial charge in [-0.05, 0) is 86.6 Å². The zero-order valence-electron chi connectivity index (χ0n) is 77.0. The molecular weight excluding hydrogens is 1810 g/mol. The van der Waals surface area contributed by atoms with Crippen molar-refractivity contribution in [3.8, 4) is 46.0 Å². The van der Waals surface area contributed by atoms with Crippen LogP contribution in [0.15, 0.2) is 243 Å². The normalized spacial score (nSPS) is 13.3. The molecule has 1 aliphatic rings. The summed E-state index contributed by atoms with van der Waals surface area (Å²) in [5.74, 6) is -1.84. The van der Waals surface area contributed by atoms with Gasteiger partial charge in [-0.15, -0.1) is 0 Å². The lowest BCUT2D eigenvalue weighted by Crippen LogP contribution is -2.19. The Kier molecular flexibility index (Phi) is 35.4. The molecular formula is C99H102N16O25. The second kappa shape index (κ2) is 49.0. The number of benzene rings is 12. The summed E-state index contributed by atoms with van der Waals surface area (Å²) in [7, 11) is 0. The number of ether oxygens (including phenoxy) is 8. The number of anilines is 8. The summed E-state index contributed by atoms with van der Waals surface area (Å²) in [4.78, 5) is 105. The van der Waals surface area contributed by atoms with Crippen LogP contribution in [-0.2, 0) is 4.79 Å². The van der Waals surface area contributed by atoms with Crippen LogP contribution >= 0.6 is 0 Å². The monoisotopic (exact) mass is 1910 g/mol. The number of nitro groups is 8. The third-order valence-electron chi connectivity index (χ3n) is 22.5. The minimum Gasteiger partial charge on any atom is -0.491 e. The van der Waals surface area contributed by atoms with Gasteiger partial charge in [0.1, 0.15) is 150 Å². The van der Waals surface area contributed by atoms with Gasteiger partial charge in [-0.2, -0.15) is 0 Å². The second-order valence-electron chi connectivity index (χ2n) is 31.9. The van der Waals surface area contributed by atoms with Crippen LogP contribution in [0.1, 0.15) is 110 Å². The van der Waals surface area contributed by atoms with E-state index >= 15 is 0 Å². The maximum absolute atomic E-state index is 12.4. The number of ketones is 1. The van der Waals surface area contributed by atoms with Crippen LogP contribution in [0.3, 0.4) is 0 Å². The van der Waals surface area contributed by atoms with Crippen LogP contribution in [0, 0.1) is 80.9 Å². The quantitative estimate of drug-likeness (QED) is 0.00997. The fourth-order valence-electron chi connectivity index (χ4n) is 15.8. The van der Waals surface area contributed by atoms with Gasteiger partial charge in [-0.25, -0.2) is 0 Å². The van der Waals surface area contributed by atoms with E-state index in [4.69, 9.17) is 37.9 Å². The van der Waals surface area contributed by atoms with Crippen LogP contribution < -0.4 is 80.4 Å². The first-order valence-electron chi connectivity index (χ1n) is 44.5. The Balaban J connectivity index is 0.00000430. The molecule has 0 spiro atoms. The Morgan fingerprint density at radius 1 is 0.214 bits per heavy atom. The Hall–Kier alpha value is -17.7. The number of carbonyl (C=O) groups is 1. The molecule has 1 aliphatic carbocycles. The van der Waals surface area contributed by atoms with Gasteiger partial charge < -0.3 is 85.2 Å². The predicted octanol–water partition coefficient (Wildman–Crippen LogP) is 20.4. The van der Waals surface area contributed by atoms with Crippen molar-refractivity contribution in [2.24, 2.45) is 0 Å². The fraction of sp³-hybridized carbons (Fsp3) is 0.263. The molecule has 8 N–H and O–H groups in total. The average Bonchev–Trinajstić information content (AvgIpc) is 0.748. The van der Waals surface area contributed by atoms with E-state index in [1.165, 1.54) is 111 Å².